The Labute approximate surface area is 169 Å². The van der Waals surface area contributed by atoms with Gasteiger partial charge in [-0.25, -0.2) is 9.78 Å². The number of hydrogen-bond donors (Lipinski definition) is 1. The molecule has 0 spiro atoms. The fourth-order valence-electron chi connectivity index (χ4n) is 2.85. The van der Waals surface area contributed by atoms with Crippen molar-refractivity contribution in [2.75, 3.05) is 26.3 Å². The summed E-state index contributed by atoms with van der Waals surface area (Å²) in [6.45, 7) is 2.92. The van der Waals surface area contributed by atoms with Crippen molar-refractivity contribution in [3.63, 3.8) is 0 Å². The van der Waals surface area contributed by atoms with E-state index in [4.69, 9.17) is 14.6 Å². The van der Waals surface area contributed by atoms with E-state index in [1.165, 1.54) is 5.38 Å². The van der Waals surface area contributed by atoms with Gasteiger partial charge in [0.15, 0.2) is 11.6 Å². The van der Waals surface area contributed by atoms with E-state index in [-0.39, 0.29) is 0 Å². The van der Waals surface area contributed by atoms with Crippen LogP contribution in [0.5, 0.6) is 5.75 Å². The third-order valence-corrected chi connectivity index (χ3v) is 5.18. The molecule has 1 aromatic carbocycles. The van der Waals surface area contributed by atoms with Crippen LogP contribution in [0.15, 0.2) is 35.3 Å². The SMILES string of the molecule is CC(=Cc1ccc(OCC(=O)O)cc1)N1CCOC(c2csc(C(F)(F)F)n2)C1. The molecule has 6 nitrogen and oxygen atoms in total. The molecule has 1 aromatic heterocycles. The van der Waals surface area contributed by atoms with Crippen molar-refractivity contribution in [2.24, 2.45) is 0 Å². The lowest BCUT2D eigenvalue weighted by molar-refractivity contribution is -0.139. The third-order valence-electron chi connectivity index (χ3n) is 4.28. The van der Waals surface area contributed by atoms with Gasteiger partial charge < -0.3 is 19.5 Å². The fraction of sp³-hybridized carbons (Fsp3) is 0.368. The number of alkyl halides is 3. The highest BCUT2D eigenvalue weighted by Gasteiger charge is 2.36. The molecule has 2 aromatic rings. The number of aliphatic carboxylic acids is 1. The van der Waals surface area contributed by atoms with Crippen LogP contribution in [0.25, 0.3) is 6.08 Å². The van der Waals surface area contributed by atoms with E-state index in [9.17, 15) is 18.0 Å². The minimum atomic E-state index is -4.45. The predicted octanol–water partition coefficient (Wildman–Crippen LogP) is 4.06. The summed E-state index contributed by atoms with van der Waals surface area (Å²) in [5, 5.41) is 9.15. The molecule has 29 heavy (non-hydrogen) atoms. The molecule has 2 heterocycles. The molecular formula is C19H19F3N2O4S. The molecule has 1 aliphatic heterocycles. The van der Waals surface area contributed by atoms with Crippen molar-refractivity contribution in [1.82, 2.24) is 9.88 Å². The zero-order valence-corrected chi connectivity index (χ0v) is 16.3. The smallest absolute Gasteiger partial charge is 0.443 e. The number of allylic oxidation sites excluding steroid dienone is 1. The van der Waals surface area contributed by atoms with Gasteiger partial charge in [0.1, 0.15) is 11.9 Å². The van der Waals surface area contributed by atoms with Gasteiger partial charge in [0.25, 0.3) is 0 Å². The number of benzene rings is 1. The average Bonchev–Trinajstić information content (AvgIpc) is 3.18. The van der Waals surface area contributed by atoms with Gasteiger partial charge in [-0.2, -0.15) is 13.2 Å². The molecule has 3 rings (SSSR count). The number of aromatic nitrogens is 1. The number of rotatable bonds is 6. The molecule has 10 heteroatoms. The highest BCUT2D eigenvalue weighted by Crippen LogP contribution is 2.34. The summed E-state index contributed by atoms with van der Waals surface area (Å²) < 4.78 is 49.1. The van der Waals surface area contributed by atoms with E-state index >= 15 is 0 Å². The molecule has 0 saturated carbocycles. The Bertz CT molecular complexity index is 880. The van der Waals surface area contributed by atoms with E-state index in [1.54, 1.807) is 24.3 Å². The number of carbonyl (C=O) groups is 1. The summed E-state index contributed by atoms with van der Waals surface area (Å²) in [4.78, 5) is 16.3. The molecule has 0 bridgehead atoms. The number of thiazole rings is 1. The van der Waals surface area contributed by atoms with Gasteiger partial charge >= 0.3 is 12.1 Å². The van der Waals surface area contributed by atoms with Crippen molar-refractivity contribution in [3.8, 4) is 5.75 Å². The van der Waals surface area contributed by atoms with Crippen LogP contribution in [0, 0.1) is 0 Å². The molecule has 1 aliphatic rings. The standard InChI is InChI=1S/C19H19F3N2O4S/c1-12(8-13-2-4-14(5-3-13)28-10-17(25)26)24-6-7-27-16(9-24)15-11-29-18(23-15)19(20,21)22/h2-5,8,11,16H,6-7,9-10H2,1H3,(H,25,26). The Morgan fingerprint density at radius 3 is 2.76 bits per heavy atom. The second-order valence-corrected chi connectivity index (χ2v) is 7.28. The highest BCUT2D eigenvalue weighted by atomic mass is 32.1. The Morgan fingerprint density at radius 2 is 2.14 bits per heavy atom. The summed E-state index contributed by atoms with van der Waals surface area (Å²) >= 11 is 0.572. The third kappa shape index (κ3) is 5.70. The minimum Gasteiger partial charge on any atom is -0.482 e. The largest absolute Gasteiger partial charge is 0.482 e. The van der Waals surface area contributed by atoms with Gasteiger partial charge in [0, 0.05) is 24.2 Å². The van der Waals surface area contributed by atoms with Gasteiger partial charge in [-0.15, -0.1) is 11.3 Å². The molecular weight excluding hydrogens is 409 g/mol. The maximum absolute atomic E-state index is 12.8. The second-order valence-electron chi connectivity index (χ2n) is 6.42. The number of halogens is 3. The van der Waals surface area contributed by atoms with Crippen LogP contribution in [0.3, 0.4) is 0 Å². The first-order chi connectivity index (χ1) is 13.7. The van der Waals surface area contributed by atoms with Crippen LogP contribution in [0.1, 0.15) is 29.3 Å². The van der Waals surface area contributed by atoms with Crippen molar-refractivity contribution < 1.29 is 32.5 Å². The number of ether oxygens (including phenoxy) is 2. The first-order valence-corrected chi connectivity index (χ1v) is 9.62. The zero-order valence-electron chi connectivity index (χ0n) is 15.5. The summed E-state index contributed by atoms with van der Waals surface area (Å²) in [6, 6.07) is 6.96. The molecule has 0 aliphatic carbocycles. The summed E-state index contributed by atoms with van der Waals surface area (Å²) in [5.41, 5.74) is 2.12. The Morgan fingerprint density at radius 1 is 1.41 bits per heavy atom. The molecule has 1 N–H and O–H groups in total. The maximum Gasteiger partial charge on any atom is 0.443 e. The monoisotopic (exact) mass is 428 g/mol. The molecule has 1 fully saturated rings. The normalized spacial score (nSPS) is 18.0. The van der Waals surface area contributed by atoms with Crippen molar-refractivity contribution in [1.29, 1.82) is 0 Å². The van der Waals surface area contributed by atoms with Gasteiger partial charge in [0.05, 0.1) is 12.3 Å². The van der Waals surface area contributed by atoms with Gasteiger partial charge in [-0.05, 0) is 30.7 Å². The molecule has 1 unspecified atom stereocenters. The van der Waals surface area contributed by atoms with E-state index in [1.807, 2.05) is 17.9 Å². The van der Waals surface area contributed by atoms with Crippen LogP contribution >= 0.6 is 11.3 Å². The lowest BCUT2D eigenvalue weighted by Crippen LogP contribution is -2.37. The molecule has 1 atom stereocenters. The zero-order chi connectivity index (χ0) is 21.0. The molecule has 1 saturated heterocycles. The minimum absolute atomic E-state index is 0.291. The first kappa shape index (κ1) is 21.1. The molecule has 156 valence electrons. The Balaban J connectivity index is 1.65. The lowest BCUT2D eigenvalue weighted by atomic mass is 10.1. The van der Waals surface area contributed by atoms with E-state index < -0.39 is 29.9 Å². The topological polar surface area (TPSA) is 71.9 Å². The lowest BCUT2D eigenvalue weighted by Gasteiger charge is -2.34. The Hall–Kier alpha value is -2.59. The number of nitrogens with zero attached hydrogens (tertiary/aromatic N) is 2. The maximum atomic E-state index is 12.8. The van der Waals surface area contributed by atoms with Crippen LogP contribution in [0.4, 0.5) is 13.2 Å². The molecule has 0 radical (unpaired) electrons. The van der Waals surface area contributed by atoms with E-state index in [0.29, 0.717) is 42.5 Å². The second kappa shape index (κ2) is 8.83. The number of hydrogen-bond acceptors (Lipinski definition) is 6. The Kier molecular flexibility index (Phi) is 6.43. The number of morpholine rings is 1. The van der Waals surface area contributed by atoms with Crippen LogP contribution in [-0.4, -0.2) is 47.3 Å². The summed E-state index contributed by atoms with van der Waals surface area (Å²) in [7, 11) is 0. The van der Waals surface area contributed by atoms with Gasteiger partial charge in [0.2, 0.25) is 0 Å². The van der Waals surface area contributed by atoms with E-state index in [0.717, 1.165) is 11.3 Å². The first-order valence-electron chi connectivity index (χ1n) is 8.74. The summed E-state index contributed by atoms with van der Waals surface area (Å²) in [5.74, 6) is -0.591. The van der Waals surface area contributed by atoms with Crippen LogP contribution < -0.4 is 4.74 Å². The van der Waals surface area contributed by atoms with Crippen LogP contribution in [0.2, 0.25) is 0 Å². The van der Waals surface area contributed by atoms with Crippen molar-refractivity contribution >= 4 is 23.4 Å². The number of carboxylic acid groups (broad SMARTS) is 1. The van der Waals surface area contributed by atoms with Crippen molar-refractivity contribution in [3.05, 3.63) is 51.6 Å². The van der Waals surface area contributed by atoms with Crippen LogP contribution in [-0.2, 0) is 15.7 Å². The predicted molar refractivity (Wildman–Crippen MR) is 101 cm³/mol. The van der Waals surface area contributed by atoms with Gasteiger partial charge in [-0.3, -0.25) is 0 Å². The average molecular weight is 428 g/mol. The fourth-order valence-corrected chi connectivity index (χ4v) is 3.58. The van der Waals surface area contributed by atoms with Crippen molar-refractivity contribution in [2.45, 2.75) is 19.2 Å². The highest BCUT2D eigenvalue weighted by molar-refractivity contribution is 7.09. The number of carboxylic acids is 1. The van der Waals surface area contributed by atoms with Gasteiger partial charge in [-0.1, -0.05) is 12.1 Å². The summed E-state index contributed by atoms with van der Waals surface area (Å²) in [6.07, 6.45) is -3.04. The van der Waals surface area contributed by atoms with E-state index in [2.05, 4.69) is 4.98 Å². The quantitative estimate of drug-likeness (QED) is 0.748. The molecule has 0 amide bonds.